The molecule has 0 spiro atoms. The molecular formula is C15H11FN2S. The largest absolute Gasteiger partial charge is 0.264 e. The first-order valence-electron chi connectivity index (χ1n) is 5.90. The fourth-order valence-electron chi connectivity index (χ4n) is 1.82. The second kappa shape index (κ2) is 5.28. The van der Waals surface area contributed by atoms with Crippen LogP contribution in [-0.2, 0) is 6.42 Å². The summed E-state index contributed by atoms with van der Waals surface area (Å²) in [5, 5.41) is 3.04. The van der Waals surface area contributed by atoms with Crippen molar-refractivity contribution < 1.29 is 4.39 Å². The Hall–Kier alpha value is -2.07. The van der Waals surface area contributed by atoms with E-state index in [1.54, 1.807) is 35.9 Å². The van der Waals surface area contributed by atoms with E-state index >= 15 is 0 Å². The molecule has 0 radical (unpaired) electrons. The molecule has 0 N–H and O–H groups in total. The van der Waals surface area contributed by atoms with E-state index in [0.717, 1.165) is 28.2 Å². The Labute approximate surface area is 114 Å². The molecule has 3 aromatic rings. The number of hydrogen-bond donors (Lipinski definition) is 0. The molecule has 0 aliphatic heterocycles. The van der Waals surface area contributed by atoms with Crippen molar-refractivity contribution >= 4 is 11.3 Å². The molecule has 1 aromatic carbocycles. The van der Waals surface area contributed by atoms with Crippen LogP contribution in [0.4, 0.5) is 4.39 Å². The Morgan fingerprint density at radius 3 is 2.68 bits per heavy atom. The van der Waals surface area contributed by atoms with E-state index in [1.165, 1.54) is 12.1 Å². The number of benzene rings is 1. The van der Waals surface area contributed by atoms with E-state index < -0.39 is 0 Å². The molecule has 4 heteroatoms. The SMILES string of the molecule is Fc1ccc(Cc2nc(-c3cccnc3)cs2)cc1. The van der Waals surface area contributed by atoms with Gasteiger partial charge < -0.3 is 0 Å². The van der Waals surface area contributed by atoms with E-state index in [2.05, 4.69) is 9.97 Å². The third-order valence-electron chi connectivity index (χ3n) is 2.78. The summed E-state index contributed by atoms with van der Waals surface area (Å²) in [5.41, 5.74) is 3.02. The number of hydrogen-bond acceptors (Lipinski definition) is 3. The zero-order valence-electron chi connectivity index (χ0n) is 10.1. The Morgan fingerprint density at radius 1 is 1.11 bits per heavy atom. The third kappa shape index (κ3) is 2.85. The maximum atomic E-state index is 12.8. The van der Waals surface area contributed by atoms with Crippen LogP contribution >= 0.6 is 11.3 Å². The van der Waals surface area contributed by atoms with Crippen molar-refractivity contribution in [3.05, 3.63) is 70.6 Å². The maximum absolute atomic E-state index is 12.8. The van der Waals surface area contributed by atoms with Gasteiger partial charge in [0.15, 0.2) is 0 Å². The molecular weight excluding hydrogens is 259 g/mol. The molecule has 0 aliphatic rings. The zero-order chi connectivity index (χ0) is 13.1. The number of thiazole rings is 1. The van der Waals surface area contributed by atoms with Crippen LogP contribution in [0.1, 0.15) is 10.6 Å². The molecule has 0 amide bonds. The van der Waals surface area contributed by atoms with Gasteiger partial charge in [0.05, 0.1) is 10.7 Å². The van der Waals surface area contributed by atoms with Crippen LogP contribution in [-0.4, -0.2) is 9.97 Å². The lowest BCUT2D eigenvalue weighted by atomic mass is 10.1. The summed E-state index contributed by atoms with van der Waals surface area (Å²) >= 11 is 1.61. The molecule has 0 saturated carbocycles. The van der Waals surface area contributed by atoms with E-state index in [0.29, 0.717) is 0 Å². The lowest BCUT2D eigenvalue weighted by molar-refractivity contribution is 0.627. The molecule has 2 heterocycles. The first-order valence-corrected chi connectivity index (χ1v) is 6.78. The monoisotopic (exact) mass is 270 g/mol. The van der Waals surface area contributed by atoms with Crippen LogP contribution in [0.5, 0.6) is 0 Å². The molecule has 3 rings (SSSR count). The number of rotatable bonds is 3. The normalized spacial score (nSPS) is 10.6. The van der Waals surface area contributed by atoms with Crippen LogP contribution < -0.4 is 0 Å². The van der Waals surface area contributed by atoms with Gasteiger partial charge in [-0.15, -0.1) is 11.3 Å². The van der Waals surface area contributed by atoms with Crippen LogP contribution in [0.2, 0.25) is 0 Å². The number of nitrogens with zero attached hydrogens (tertiary/aromatic N) is 2. The standard InChI is InChI=1S/C15H11FN2S/c16-13-5-3-11(4-6-13)8-15-18-14(10-19-15)12-2-1-7-17-9-12/h1-7,9-10H,8H2. The minimum atomic E-state index is -0.209. The fraction of sp³-hybridized carbons (Fsp3) is 0.0667. The first kappa shape index (κ1) is 12.0. The molecule has 19 heavy (non-hydrogen) atoms. The van der Waals surface area contributed by atoms with Crippen molar-refractivity contribution in [3.63, 3.8) is 0 Å². The smallest absolute Gasteiger partial charge is 0.123 e. The van der Waals surface area contributed by atoms with Gasteiger partial charge in [0.1, 0.15) is 5.82 Å². The van der Waals surface area contributed by atoms with Crippen LogP contribution in [0.15, 0.2) is 54.2 Å². The van der Waals surface area contributed by atoms with Gasteiger partial charge in [0, 0.05) is 29.8 Å². The predicted octanol–water partition coefficient (Wildman–Crippen LogP) is 3.94. The number of aromatic nitrogens is 2. The highest BCUT2D eigenvalue weighted by Gasteiger charge is 2.05. The summed E-state index contributed by atoms with van der Waals surface area (Å²) in [6.45, 7) is 0. The molecule has 0 aliphatic carbocycles. The first-order chi connectivity index (χ1) is 9.31. The lowest BCUT2D eigenvalue weighted by Crippen LogP contribution is -1.88. The highest BCUT2D eigenvalue weighted by molar-refractivity contribution is 7.10. The molecule has 2 nitrogen and oxygen atoms in total. The molecule has 0 bridgehead atoms. The van der Waals surface area contributed by atoms with E-state index in [4.69, 9.17) is 0 Å². The van der Waals surface area contributed by atoms with Gasteiger partial charge >= 0.3 is 0 Å². The fourth-order valence-corrected chi connectivity index (χ4v) is 2.65. The summed E-state index contributed by atoms with van der Waals surface area (Å²) in [5.74, 6) is -0.209. The van der Waals surface area contributed by atoms with Gasteiger partial charge in [-0.05, 0) is 29.8 Å². The van der Waals surface area contributed by atoms with Crippen molar-refractivity contribution in [2.75, 3.05) is 0 Å². The summed E-state index contributed by atoms with van der Waals surface area (Å²) in [7, 11) is 0. The van der Waals surface area contributed by atoms with Gasteiger partial charge in [-0.3, -0.25) is 4.98 Å². The second-order valence-electron chi connectivity index (χ2n) is 4.17. The topological polar surface area (TPSA) is 25.8 Å². The van der Waals surface area contributed by atoms with E-state index in [-0.39, 0.29) is 5.82 Å². The van der Waals surface area contributed by atoms with Crippen molar-refractivity contribution in [3.8, 4) is 11.3 Å². The molecule has 0 saturated heterocycles. The Bertz CT molecular complexity index is 662. The summed E-state index contributed by atoms with van der Waals surface area (Å²) in [4.78, 5) is 8.67. The summed E-state index contributed by atoms with van der Waals surface area (Å²) < 4.78 is 12.8. The van der Waals surface area contributed by atoms with Crippen molar-refractivity contribution in [2.24, 2.45) is 0 Å². The van der Waals surface area contributed by atoms with Crippen LogP contribution in [0.25, 0.3) is 11.3 Å². The second-order valence-corrected chi connectivity index (χ2v) is 5.11. The van der Waals surface area contributed by atoms with Crippen molar-refractivity contribution in [1.29, 1.82) is 0 Å². The highest BCUT2D eigenvalue weighted by atomic mass is 32.1. The zero-order valence-corrected chi connectivity index (χ0v) is 10.9. The molecule has 0 atom stereocenters. The van der Waals surface area contributed by atoms with Gasteiger partial charge in [-0.1, -0.05) is 12.1 Å². The number of halogens is 1. The molecule has 94 valence electrons. The third-order valence-corrected chi connectivity index (χ3v) is 3.63. The van der Waals surface area contributed by atoms with Crippen LogP contribution in [0, 0.1) is 5.82 Å². The quantitative estimate of drug-likeness (QED) is 0.720. The average Bonchev–Trinajstić information content (AvgIpc) is 2.91. The number of pyridine rings is 1. The molecule has 2 aromatic heterocycles. The van der Waals surface area contributed by atoms with Crippen molar-refractivity contribution in [1.82, 2.24) is 9.97 Å². The lowest BCUT2D eigenvalue weighted by Gasteiger charge is -1.97. The minimum absolute atomic E-state index is 0.209. The van der Waals surface area contributed by atoms with E-state index in [9.17, 15) is 4.39 Å². The van der Waals surface area contributed by atoms with E-state index in [1.807, 2.05) is 17.5 Å². The maximum Gasteiger partial charge on any atom is 0.123 e. The van der Waals surface area contributed by atoms with Crippen molar-refractivity contribution in [2.45, 2.75) is 6.42 Å². The molecule has 0 unspecified atom stereocenters. The van der Waals surface area contributed by atoms with Gasteiger partial charge in [-0.25, -0.2) is 9.37 Å². The highest BCUT2D eigenvalue weighted by Crippen LogP contribution is 2.22. The summed E-state index contributed by atoms with van der Waals surface area (Å²) in [6.07, 6.45) is 4.28. The van der Waals surface area contributed by atoms with Gasteiger partial charge in [0.2, 0.25) is 0 Å². The average molecular weight is 270 g/mol. The van der Waals surface area contributed by atoms with Gasteiger partial charge in [-0.2, -0.15) is 0 Å². The minimum Gasteiger partial charge on any atom is -0.264 e. The predicted molar refractivity (Wildman–Crippen MR) is 74.6 cm³/mol. The Kier molecular flexibility index (Phi) is 3.33. The van der Waals surface area contributed by atoms with Gasteiger partial charge in [0.25, 0.3) is 0 Å². The Balaban J connectivity index is 1.80. The van der Waals surface area contributed by atoms with Crippen LogP contribution in [0.3, 0.4) is 0 Å². The molecule has 0 fully saturated rings. The summed E-state index contributed by atoms with van der Waals surface area (Å²) in [6, 6.07) is 10.4. The Morgan fingerprint density at radius 2 is 1.95 bits per heavy atom.